The van der Waals surface area contributed by atoms with E-state index in [1.54, 1.807) is 0 Å². The summed E-state index contributed by atoms with van der Waals surface area (Å²) in [5.74, 6) is 0. The second-order valence-corrected chi connectivity index (χ2v) is 6.50. The first-order valence-electron chi connectivity index (χ1n) is 7.23. The van der Waals surface area contributed by atoms with Crippen molar-refractivity contribution in [1.29, 1.82) is 0 Å². The van der Waals surface area contributed by atoms with E-state index in [-0.39, 0.29) is 0 Å². The van der Waals surface area contributed by atoms with Crippen LogP contribution in [0.3, 0.4) is 0 Å². The molecule has 0 bridgehead atoms. The zero-order valence-corrected chi connectivity index (χ0v) is 13.7. The molecule has 0 aliphatic carbocycles. The number of rotatable bonds is 4. The van der Waals surface area contributed by atoms with Crippen molar-refractivity contribution in [1.82, 2.24) is 14.3 Å². The van der Waals surface area contributed by atoms with E-state index in [4.69, 9.17) is 11.6 Å². The Morgan fingerprint density at radius 3 is 2.48 bits per heavy atom. The van der Waals surface area contributed by atoms with Gasteiger partial charge in [0.15, 0.2) is 7.85 Å². The van der Waals surface area contributed by atoms with Crippen LogP contribution in [0.5, 0.6) is 0 Å². The summed E-state index contributed by atoms with van der Waals surface area (Å²) < 4.78 is 4.26. The summed E-state index contributed by atoms with van der Waals surface area (Å²) >= 11 is 7.41. The minimum Gasteiger partial charge on any atom is -0.344 e. The molecule has 0 unspecified atom stereocenters. The molecule has 21 heavy (non-hydrogen) atoms. The predicted octanol–water partition coefficient (Wildman–Crippen LogP) is 0.815. The Labute approximate surface area is 135 Å². The molecule has 0 amide bonds. The Hall–Kier alpha value is -1.11. The van der Waals surface area contributed by atoms with E-state index < -0.39 is 0 Å². The average molecular weight is 321 g/mol. The second kappa shape index (κ2) is 6.77. The molecule has 1 aliphatic rings. The third kappa shape index (κ3) is 3.96. The number of benzene rings is 1. The molecule has 4 nitrogen and oxygen atoms in total. The zero-order chi connectivity index (χ0) is 14.7. The molecule has 0 radical (unpaired) electrons. The summed E-state index contributed by atoms with van der Waals surface area (Å²) in [6.45, 7) is 5.35. The van der Waals surface area contributed by atoms with Gasteiger partial charge in [0.1, 0.15) is 0 Å². The molecular formula is C14H18BClN4S. The molecule has 1 aromatic carbocycles. The standard InChI is InChI=1S/C14H18BClN4S/c15-13-17-14(21-18-13)20-9-7-19(8-10-20)6-5-11-1-3-12(16)4-2-11/h1-4H,5-10,15H2. The highest BCUT2D eigenvalue weighted by molar-refractivity contribution is 7.10. The lowest BCUT2D eigenvalue weighted by Crippen LogP contribution is -2.47. The number of piperazine rings is 1. The largest absolute Gasteiger partial charge is 0.344 e. The van der Waals surface area contributed by atoms with Gasteiger partial charge in [0, 0.05) is 49.3 Å². The van der Waals surface area contributed by atoms with Crippen LogP contribution in [-0.4, -0.2) is 54.8 Å². The number of nitrogens with zero attached hydrogens (tertiary/aromatic N) is 4. The molecule has 0 spiro atoms. The minimum atomic E-state index is 0.805. The van der Waals surface area contributed by atoms with Gasteiger partial charge in [-0.2, -0.15) is 4.37 Å². The van der Waals surface area contributed by atoms with Crippen molar-refractivity contribution in [2.24, 2.45) is 0 Å². The van der Waals surface area contributed by atoms with Crippen LogP contribution in [0.25, 0.3) is 0 Å². The van der Waals surface area contributed by atoms with Crippen LogP contribution >= 0.6 is 23.1 Å². The molecule has 1 aliphatic heterocycles. The summed E-state index contributed by atoms with van der Waals surface area (Å²) in [5.41, 5.74) is 2.22. The molecule has 0 N–H and O–H groups in total. The van der Waals surface area contributed by atoms with Crippen LogP contribution in [0, 0.1) is 0 Å². The van der Waals surface area contributed by atoms with Gasteiger partial charge in [-0.05, 0) is 24.1 Å². The molecule has 1 aromatic heterocycles. The van der Waals surface area contributed by atoms with Gasteiger partial charge in [-0.1, -0.05) is 23.7 Å². The van der Waals surface area contributed by atoms with Crippen LogP contribution in [-0.2, 0) is 6.42 Å². The maximum Gasteiger partial charge on any atom is 0.204 e. The van der Waals surface area contributed by atoms with Crippen LogP contribution < -0.4 is 10.6 Å². The maximum absolute atomic E-state index is 5.91. The average Bonchev–Trinajstić information content (AvgIpc) is 2.94. The number of aromatic nitrogens is 2. The lowest BCUT2D eigenvalue weighted by atomic mass is 10.1. The van der Waals surface area contributed by atoms with E-state index in [1.165, 1.54) is 17.1 Å². The fraction of sp³-hybridized carbons (Fsp3) is 0.429. The quantitative estimate of drug-likeness (QED) is 0.781. The van der Waals surface area contributed by atoms with Crippen LogP contribution in [0.4, 0.5) is 5.13 Å². The van der Waals surface area contributed by atoms with Gasteiger partial charge in [-0.15, -0.1) is 0 Å². The summed E-state index contributed by atoms with van der Waals surface area (Å²) in [5, 5.41) is 1.87. The monoisotopic (exact) mass is 320 g/mol. The van der Waals surface area contributed by atoms with E-state index in [0.29, 0.717) is 0 Å². The highest BCUT2D eigenvalue weighted by atomic mass is 35.5. The molecule has 1 fully saturated rings. The van der Waals surface area contributed by atoms with Gasteiger partial charge in [0.25, 0.3) is 0 Å². The number of hydrogen-bond acceptors (Lipinski definition) is 5. The van der Waals surface area contributed by atoms with Gasteiger partial charge in [-0.25, -0.2) is 4.98 Å². The van der Waals surface area contributed by atoms with Gasteiger partial charge < -0.3 is 4.90 Å². The molecule has 1 saturated heterocycles. The Morgan fingerprint density at radius 1 is 1.14 bits per heavy atom. The Kier molecular flexibility index (Phi) is 4.78. The highest BCUT2D eigenvalue weighted by Crippen LogP contribution is 2.16. The summed E-state index contributed by atoms with van der Waals surface area (Å²) in [4.78, 5) is 9.31. The topological polar surface area (TPSA) is 32.3 Å². The molecule has 0 atom stereocenters. The fourth-order valence-electron chi connectivity index (χ4n) is 2.52. The molecule has 0 saturated carbocycles. The molecule has 7 heteroatoms. The fourth-order valence-corrected chi connectivity index (χ4v) is 3.37. The van der Waals surface area contributed by atoms with Crippen molar-refractivity contribution in [2.45, 2.75) is 6.42 Å². The number of halogens is 1. The van der Waals surface area contributed by atoms with E-state index >= 15 is 0 Å². The van der Waals surface area contributed by atoms with E-state index in [0.717, 1.165) is 55.0 Å². The van der Waals surface area contributed by atoms with Gasteiger partial charge in [-0.3, -0.25) is 4.90 Å². The Bertz CT molecular complexity index is 581. The highest BCUT2D eigenvalue weighted by Gasteiger charge is 2.19. The van der Waals surface area contributed by atoms with Crippen molar-refractivity contribution in [3.05, 3.63) is 34.9 Å². The maximum atomic E-state index is 5.91. The SMILES string of the molecule is Bc1nsc(N2CCN(CCc3ccc(Cl)cc3)CC2)n1. The van der Waals surface area contributed by atoms with E-state index in [1.807, 2.05) is 20.0 Å². The summed E-state index contributed by atoms with van der Waals surface area (Å²) in [7, 11) is 1.95. The summed E-state index contributed by atoms with van der Waals surface area (Å²) in [6.07, 6.45) is 1.08. The minimum absolute atomic E-state index is 0.805. The second-order valence-electron chi connectivity index (χ2n) is 5.33. The van der Waals surface area contributed by atoms with Crippen molar-refractivity contribution in [3.63, 3.8) is 0 Å². The third-order valence-corrected chi connectivity index (χ3v) is 4.91. The van der Waals surface area contributed by atoms with Crippen LogP contribution in [0.15, 0.2) is 24.3 Å². The number of hydrogen-bond donors (Lipinski definition) is 0. The van der Waals surface area contributed by atoms with E-state index in [9.17, 15) is 0 Å². The molecule has 2 aromatic rings. The van der Waals surface area contributed by atoms with Gasteiger partial charge in [0.2, 0.25) is 5.13 Å². The Balaban J connectivity index is 1.46. The van der Waals surface area contributed by atoms with Crippen molar-refractivity contribution in [2.75, 3.05) is 37.6 Å². The molecule has 2 heterocycles. The van der Waals surface area contributed by atoms with Crippen LogP contribution in [0.1, 0.15) is 5.56 Å². The van der Waals surface area contributed by atoms with Gasteiger partial charge >= 0.3 is 0 Å². The van der Waals surface area contributed by atoms with Crippen LogP contribution in [0.2, 0.25) is 5.02 Å². The Morgan fingerprint density at radius 2 is 1.86 bits per heavy atom. The van der Waals surface area contributed by atoms with Gasteiger partial charge in [0.05, 0.1) is 5.72 Å². The molecular weight excluding hydrogens is 303 g/mol. The van der Waals surface area contributed by atoms with E-state index in [2.05, 4.69) is 31.3 Å². The van der Waals surface area contributed by atoms with Crippen molar-refractivity contribution < 1.29 is 0 Å². The first kappa shape index (κ1) is 14.8. The zero-order valence-electron chi connectivity index (χ0n) is 12.1. The summed E-state index contributed by atoms with van der Waals surface area (Å²) in [6, 6.07) is 8.16. The predicted molar refractivity (Wildman–Crippen MR) is 91.9 cm³/mol. The lowest BCUT2D eigenvalue weighted by Gasteiger charge is -2.34. The molecule has 110 valence electrons. The first-order chi connectivity index (χ1) is 10.2. The van der Waals surface area contributed by atoms with Crippen molar-refractivity contribution in [3.8, 4) is 0 Å². The van der Waals surface area contributed by atoms with Crippen molar-refractivity contribution >= 4 is 41.8 Å². The number of anilines is 1. The first-order valence-corrected chi connectivity index (χ1v) is 8.38. The smallest absolute Gasteiger partial charge is 0.204 e. The third-order valence-electron chi connectivity index (χ3n) is 3.79. The lowest BCUT2D eigenvalue weighted by molar-refractivity contribution is 0.261. The normalized spacial score (nSPS) is 16.3. The molecule has 3 rings (SSSR count).